The Hall–Kier alpha value is -0.940. The van der Waals surface area contributed by atoms with Crippen molar-refractivity contribution < 1.29 is 0 Å². The molecule has 126 valence electrons. The van der Waals surface area contributed by atoms with E-state index < -0.39 is 0 Å². The normalized spacial score (nSPS) is 15.5. The summed E-state index contributed by atoms with van der Waals surface area (Å²) in [6.07, 6.45) is 3.78. The first kappa shape index (κ1) is 19.1. The molecule has 5 heteroatoms. The zero-order valence-corrected chi connectivity index (χ0v) is 16.1. The van der Waals surface area contributed by atoms with E-state index in [1.807, 2.05) is 24.0 Å². The third kappa shape index (κ3) is 5.36. The Morgan fingerprint density at radius 3 is 2.23 bits per heavy atom. The van der Waals surface area contributed by atoms with E-state index >= 15 is 0 Å². The summed E-state index contributed by atoms with van der Waals surface area (Å²) in [5.74, 6) is 1.01. The van der Waals surface area contributed by atoms with Crippen LogP contribution < -0.4 is 10.6 Å². The number of nitrogens with one attached hydrogen (secondary N) is 2. The number of aromatic nitrogens is 2. The summed E-state index contributed by atoms with van der Waals surface area (Å²) in [7, 11) is 2.01. The first-order valence-corrected chi connectivity index (χ1v) is 8.33. The molecule has 1 rings (SSSR count). The SMILES string of the molecule is C[C@@H](NC(=S)[C@@H](NCc1nccn1C)C(C)(C)C)C(C)(C)C. The second-order valence-electron chi connectivity index (χ2n) is 8.23. The van der Waals surface area contributed by atoms with E-state index in [-0.39, 0.29) is 16.9 Å². The fourth-order valence-electron chi connectivity index (χ4n) is 2.07. The molecule has 0 bridgehead atoms. The fraction of sp³-hybridized carbons (Fsp3) is 0.765. The Bertz CT molecular complexity index is 493. The van der Waals surface area contributed by atoms with Gasteiger partial charge < -0.3 is 15.2 Å². The van der Waals surface area contributed by atoms with Gasteiger partial charge in [0, 0.05) is 25.5 Å². The number of nitrogens with zero attached hydrogens (tertiary/aromatic N) is 2. The molecule has 0 amide bonds. The van der Waals surface area contributed by atoms with Crippen molar-refractivity contribution in [3.05, 3.63) is 18.2 Å². The largest absolute Gasteiger partial charge is 0.375 e. The average Bonchev–Trinajstić information content (AvgIpc) is 2.72. The number of imidazole rings is 1. The third-order valence-electron chi connectivity index (χ3n) is 4.17. The average molecular weight is 325 g/mol. The predicted molar refractivity (Wildman–Crippen MR) is 97.9 cm³/mol. The molecule has 0 saturated carbocycles. The minimum absolute atomic E-state index is 0.0346. The molecule has 1 aromatic rings. The summed E-state index contributed by atoms with van der Waals surface area (Å²) in [4.78, 5) is 5.24. The highest BCUT2D eigenvalue weighted by Crippen LogP contribution is 2.23. The lowest BCUT2D eigenvalue weighted by atomic mass is 9.84. The molecule has 0 aromatic carbocycles. The van der Waals surface area contributed by atoms with Gasteiger partial charge in [-0.2, -0.15) is 0 Å². The van der Waals surface area contributed by atoms with Gasteiger partial charge in [0.05, 0.1) is 17.6 Å². The fourth-order valence-corrected chi connectivity index (χ4v) is 2.68. The third-order valence-corrected chi connectivity index (χ3v) is 4.52. The lowest BCUT2D eigenvalue weighted by Crippen LogP contribution is -2.54. The van der Waals surface area contributed by atoms with E-state index in [9.17, 15) is 0 Å². The van der Waals surface area contributed by atoms with Crippen LogP contribution in [0.25, 0.3) is 0 Å². The highest BCUT2D eigenvalue weighted by Gasteiger charge is 2.30. The zero-order chi connectivity index (χ0) is 17.1. The van der Waals surface area contributed by atoms with Gasteiger partial charge in [0.2, 0.25) is 0 Å². The zero-order valence-electron chi connectivity index (χ0n) is 15.3. The number of hydrogen-bond donors (Lipinski definition) is 2. The van der Waals surface area contributed by atoms with Crippen molar-refractivity contribution in [1.82, 2.24) is 20.2 Å². The molecule has 0 radical (unpaired) electrons. The van der Waals surface area contributed by atoms with Crippen LogP contribution in [0.1, 0.15) is 54.3 Å². The first-order valence-electron chi connectivity index (χ1n) is 7.93. The molecule has 0 saturated heterocycles. The Morgan fingerprint density at radius 2 is 1.82 bits per heavy atom. The van der Waals surface area contributed by atoms with Crippen molar-refractivity contribution in [2.24, 2.45) is 17.9 Å². The molecule has 0 unspecified atom stereocenters. The van der Waals surface area contributed by atoms with Gasteiger partial charge in [0.25, 0.3) is 0 Å². The van der Waals surface area contributed by atoms with Crippen LogP contribution >= 0.6 is 12.2 Å². The van der Waals surface area contributed by atoms with E-state index in [2.05, 4.69) is 64.1 Å². The molecule has 0 fully saturated rings. The monoisotopic (exact) mass is 324 g/mol. The van der Waals surface area contributed by atoms with E-state index in [0.29, 0.717) is 12.6 Å². The Labute approximate surface area is 141 Å². The maximum absolute atomic E-state index is 5.70. The maximum atomic E-state index is 5.70. The molecule has 0 aliphatic heterocycles. The van der Waals surface area contributed by atoms with Gasteiger partial charge in [0.15, 0.2) is 0 Å². The summed E-state index contributed by atoms with van der Waals surface area (Å²) < 4.78 is 2.03. The van der Waals surface area contributed by atoms with Gasteiger partial charge >= 0.3 is 0 Å². The van der Waals surface area contributed by atoms with Gasteiger partial charge in [-0.1, -0.05) is 53.8 Å². The number of aryl methyl sites for hydroxylation is 1. The van der Waals surface area contributed by atoms with E-state index in [0.717, 1.165) is 10.8 Å². The number of thiocarbonyl (C=S) groups is 1. The highest BCUT2D eigenvalue weighted by atomic mass is 32.1. The van der Waals surface area contributed by atoms with Crippen molar-refractivity contribution >= 4 is 17.2 Å². The molecule has 2 N–H and O–H groups in total. The van der Waals surface area contributed by atoms with Gasteiger partial charge in [0.1, 0.15) is 5.82 Å². The summed E-state index contributed by atoms with van der Waals surface area (Å²) >= 11 is 5.70. The van der Waals surface area contributed by atoms with Crippen molar-refractivity contribution in [2.75, 3.05) is 0 Å². The van der Waals surface area contributed by atoms with Crippen LogP contribution in [0.5, 0.6) is 0 Å². The van der Waals surface area contributed by atoms with Crippen LogP contribution in [0.3, 0.4) is 0 Å². The van der Waals surface area contributed by atoms with E-state index in [1.165, 1.54) is 0 Å². The first-order chi connectivity index (χ1) is 9.93. The Morgan fingerprint density at radius 1 is 1.23 bits per heavy atom. The molecule has 0 spiro atoms. The van der Waals surface area contributed by atoms with Crippen molar-refractivity contribution in [1.29, 1.82) is 0 Å². The van der Waals surface area contributed by atoms with Crippen LogP contribution in [-0.2, 0) is 13.6 Å². The molecule has 0 aliphatic carbocycles. The van der Waals surface area contributed by atoms with Crippen molar-refractivity contribution in [2.45, 2.75) is 67.1 Å². The number of hydrogen-bond acceptors (Lipinski definition) is 3. The van der Waals surface area contributed by atoms with E-state index in [4.69, 9.17) is 12.2 Å². The molecule has 22 heavy (non-hydrogen) atoms. The lowest BCUT2D eigenvalue weighted by Gasteiger charge is -2.36. The smallest absolute Gasteiger partial charge is 0.122 e. The molecule has 0 aliphatic rings. The van der Waals surface area contributed by atoms with Gasteiger partial charge in [-0.25, -0.2) is 4.98 Å². The van der Waals surface area contributed by atoms with Crippen LogP contribution in [0, 0.1) is 10.8 Å². The maximum Gasteiger partial charge on any atom is 0.122 e. The van der Waals surface area contributed by atoms with E-state index in [1.54, 1.807) is 0 Å². The van der Waals surface area contributed by atoms with Gasteiger partial charge in [-0.05, 0) is 17.8 Å². The van der Waals surface area contributed by atoms with Crippen LogP contribution in [0.15, 0.2) is 12.4 Å². The molecule has 2 atom stereocenters. The van der Waals surface area contributed by atoms with Crippen molar-refractivity contribution in [3.63, 3.8) is 0 Å². The molecular formula is C17H32N4S. The van der Waals surface area contributed by atoms with Crippen LogP contribution in [0.2, 0.25) is 0 Å². The standard InChI is InChI=1S/C17H32N4S/c1-12(16(2,3)4)20-15(22)14(17(5,6)7)19-11-13-18-9-10-21(13)8/h9-10,12,14,19H,11H2,1-8H3,(H,20,22)/t12-,14-/m1/s1. The Kier molecular flexibility index (Phi) is 6.16. The number of rotatable bonds is 5. The topological polar surface area (TPSA) is 41.9 Å². The predicted octanol–water partition coefficient (Wildman–Crippen LogP) is 3.28. The second-order valence-corrected chi connectivity index (χ2v) is 8.67. The van der Waals surface area contributed by atoms with Gasteiger partial charge in [-0.3, -0.25) is 0 Å². The molecule has 4 nitrogen and oxygen atoms in total. The lowest BCUT2D eigenvalue weighted by molar-refractivity contribution is 0.294. The second kappa shape index (κ2) is 7.09. The summed E-state index contributed by atoms with van der Waals surface area (Å²) in [6, 6.07) is 0.420. The van der Waals surface area contributed by atoms with Crippen molar-refractivity contribution in [3.8, 4) is 0 Å². The quantitative estimate of drug-likeness (QED) is 0.816. The summed E-state index contributed by atoms with van der Waals surface area (Å²) in [6.45, 7) is 16.2. The molecular weight excluding hydrogens is 292 g/mol. The summed E-state index contributed by atoms with van der Waals surface area (Å²) in [5.41, 5.74) is 0.207. The molecule has 1 heterocycles. The van der Waals surface area contributed by atoms with Crippen LogP contribution in [0.4, 0.5) is 0 Å². The van der Waals surface area contributed by atoms with Gasteiger partial charge in [-0.15, -0.1) is 0 Å². The minimum Gasteiger partial charge on any atom is -0.375 e. The summed E-state index contributed by atoms with van der Waals surface area (Å²) in [5, 5.41) is 7.09. The van der Waals surface area contributed by atoms with Crippen LogP contribution in [-0.4, -0.2) is 26.6 Å². The molecule has 1 aromatic heterocycles. The highest BCUT2D eigenvalue weighted by molar-refractivity contribution is 7.80. The Balaban J connectivity index is 2.77. The minimum atomic E-state index is 0.0346.